The molecule has 1 aliphatic carbocycles. The second-order valence-corrected chi connectivity index (χ2v) is 6.74. The predicted molar refractivity (Wildman–Crippen MR) is 78.4 cm³/mol. The van der Waals surface area contributed by atoms with Crippen LogP contribution < -0.4 is 5.32 Å². The maximum atomic E-state index is 12.1. The molecule has 1 N–H and O–H groups in total. The number of carbonyl (C=O) groups excluding carboxylic acids is 1. The Hall–Kier alpha value is -1.57. The van der Waals surface area contributed by atoms with E-state index in [-0.39, 0.29) is 24.4 Å². The van der Waals surface area contributed by atoms with Gasteiger partial charge >= 0.3 is 6.18 Å². The Morgan fingerprint density at radius 3 is 2.57 bits per heavy atom. The van der Waals surface area contributed by atoms with Crippen LogP contribution in [0.15, 0.2) is 6.07 Å². The topological polar surface area (TPSA) is 56.2 Å². The molecule has 1 fully saturated rings. The van der Waals surface area contributed by atoms with Crippen LogP contribution in [-0.4, -0.2) is 41.6 Å². The highest BCUT2D eigenvalue weighted by atomic mass is 19.4. The molecule has 130 valence electrons. The minimum atomic E-state index is -4.35. The van der Waals surface area contributed by atoms with Gasteiger partial charge in [0.05, 0.1) is 12.1 Å². The van der Waals surface area contributed by atoms with E-state index < -0.39 is 18.7 Å². The van der Waals surface area contributed by atoms with E-state index in [1.54, 1.807) is 6.07 Å². The van der Waals surface area contributed by atoms with Gasteiger partial charge in [0, 0.05) is 18.2 Å². The number of nitrogens with zero attached hydrogens (tertiary/aromatic N) is 2. The number of hydrogen-bond acceptors (Lipinski definition) is 3. The lowest BCUT2D eigenvalue weighted by Crippen LogP contribution is -2.30. The monoisotopic (exact) mass is 333 g/mol. The summed E-state index contributed by atoms with van der Waals surface area (Å²) in [6, 6.07) is 1.77. The number of aromatic nitrogens is 2. The van der Waals surface area contributed by atoms with Crippen LogP contribution in [0.25, 0.3) is 0 Å². The minimum absolute atomic E-state index is 0.00997. The average Bonchev–Trinajstić information content (AvgIpc) is 3.13. The van der Waals surface area contributed by atoms with Gasteiger partial charge in [0.15, 0.2) is 0 Å². The van der Waals surface area contributed by atoms with Gasteiger partial charge in [-0.2, -0.15) is 18.3 Å². The summed E-state index contributed by atoms with van der Waals surface area (Å²) in [6.45, 7) is 4.54. The average molecular weight is 333 g/mol. The van der Waals surface area contributed by atoms with Crippen LogP contribution in [0.2, 0.25) is 0 Å². The molecule has 2 rings (SSSR count). The summed E-state index contributed by atoms with van der Waals surface area (Å²) in [5.74, 6) is 0.0453. The highest BCUT2D eigenvalue weighted by molar-refractivity contribution is 5.92. The van der Waals surface area contributed by atoms with Gasteiger partial charge in [-0.25, -0.2) is 0 Å². The lowest BCUT2D eigenvalue weighted by atomic mass is 10.1. The first kappa shape index (κ1) is 17.8. The van der Waals surface area contributed by atoms with Gasteiger partial charge < -0.3 is 10.1 Å². The quantitative estimate of drug-likeness (QED) is 0.815. The molecule has 1 amide bonds. The number of nitrogens with one attached hydrogen (secondary N) is 1. The van der Waals surface area contributed by atoms with Crippen LogP contribution >= 0.6 is 0 Å². The molecule has 0 saturated heterocycles. The van der Waals surface area contributed by atoms with Gasteiger partial charge in [0.1, 0.15) is 12.3 Å². The fourth-order valence-corrected chi connectivity index (χ4v) is 2.23. The second kappa shape index (κ2) is 6.51. The molecule has 23 heavy (non-hydrogen) atoms. The number of alkyl halides is 3. The summed E-state index contributed by atoms with van der Waals surface area (Å²) < 4.78 is 42.1. The van der Waals surface area contributed by atoms with Gasteiger partial charge in [0.2, 0.25) is 0 Å². The summed E-state index contributed by atoms with van der Waals surface area (Å²) in [5, 5.41) is 6.89. The molecule has 0 spiro atoms. The number of ether oxygens (including phenoxy) is 1. The third kappa shape index (κ3) is 5.23. The van der Waals surface area contributed by atoms with Crippen molar-refractivity contribution in [3.05, 3.63) is 17.5 Å². The van der Waals surface area contributed by atoms with E-state index in [2.05, 4.69) is 15.2 Å². The van der Waals surface area contributed by atoms with Crippen molar-refractivity contribution in [2.24, 2.45) is 0 Å². The van der Waals surface area contributed by atoms with E-state index in [0.717, 1.165) is 18.5 Å². The molecule has 1 heterocycles. The molecular weight excluding hydrogens is 311 g/mol. The molecule has 0 unspecified atom stereocenters. The standard InChI is InChI=1S/C15H22F3N3O2/c1-14(2,3)21-12(10-4-5-10)8-11(20-21)13(22)19-6-7-23-9-15(16,17)18/h8,10H,4-7,9H2,1-3H3,(H,19,22). The SMILES string of the molecule is CC(C)(C)n1nc(C(=O)NCCOCC(F)(F)F)cc1C1CC1. The van der Waals surface area contributed by atoms with Crippen LogP contribution in [0.4, 0.5) is 13.2 Å². The van der Waals surface area contributed by atoms with Crippen LogP contribution in [-0.2, 0) is 10.3 Å². The normalized spacial score (nSPS) is 15.7. The van der Waals surface area contributed by atoms with Crippen molar-refractivity contribution in [1.29, 1.82) is 0 Å². The molecule has 5 nitrogen and oxygen atoms in total. The van der Waals surface area contributed by atoms with Gasteiger partial charge in [0.25, 0.3) is 5.91 Å². The summed E-state index contributed by atoms with van der Waals surface area (Å²) in [6.07, 6.45) is -2.17. The molecule has 0 bridgehead atoms. The lowest BCUT2D eigenvalue weighted by Gasteiger charge is -2.22. The Bertz CT molecular complexity index is 557. The van der Waals surface area contributed by atoms with Gasteiger partial charge in [-0.15, -0.1) is 0 Å². The number of hydrogen-bond donors (Lipinski definition) is 1. The molecule has 1 aliphatic rings. The summed E-state index contributed by atoms with van der Waals surface area (Å²) in [5.41, 5.74) is 1.10. The first-order valence-corrected chi connectivity index (χ1v) is 7.61. The van der Waals surface area contributed by atoms with E-state index >= 15 is 0 Å². The van der Waals surface area contributed by atoms with Crippen LogP contribution in [0.3, 0.4) is 0 Å². The van der Waals surface area contributed by atoms with E-state index in [9.17, 15) is 18.0 Å². The van der Waals surface area contributed by atoms with Gasteiger partial charge in [-0.1, -0.05) is 0 Å². The highest BCUT2D eigenvalue weighted by Crippen LogP contribution is 2.41. The minimum Gasteiger partial charge on any atom is -0.370 e. The first-order chi connectivity index (χ1) is 10.6. The van der Waals surface area contributed by atoms with E-state index in [1.807, 2.05) is 25.5 Å². The molecule has 0 aromatic carbocycles. The van der Waals surface area contributed by atoms with Crippen LogP contribution in [0.5, 0.6) is 0 Å². The van der Waals surface area contributed by atoms with Crippen molar-refractivity contribution < 1.29 is 22.7 Å². The molecule has 0 atom stereocenters. The summed E-state index contributed by atoms with van der Waals surface area (Å²) >= 11 is 0. The third-order valence-corrected chi connectivity index (χ3v) is 3.40. The third-order valence-electron chi connectivity index (χ3n) is 3.40. The van der Waals surface area contributed by atoms with Crippen molar-refractivity contribution >= 4 is 5.91 Å². The predicted octanol–water partition coefficient (Wildman–Crippen LogP) is 2.82. The van der Waals surface area contributed by atoms with Crippen LogP contribution in [0.1, 0.15) is 55.7 Å². The maximum Gasteiger partial charge on any atom is 0.411 e. The second-order valence-electron chi connectivity index (χ2n) is 6.74. The van der Waals surface area contributed by atoms with E-state index in [4.69, 9.17) is 0 Å². The Kier molecular flexibility index (Phi) is 5.03. The molecule has 8 heteroatoms. The largest absolute Gasteiger partial charge is 0.411 e. The summed E-state index contributed by atoms with van der Waals surface area (Å²) in [4.78, 5) is 12.1. The zero-order valence-electron chi connectivity index (χ0n) is 13.5. The maximum absolute atomic E-state index is 12.1. The number of amides is 1. The van der Waals surface area contributed by atoms with Crippen molar-refractivity contribution in [1.82, 2.24) is 15.1 Å². The highest BCUT2D eigenvalue weighted by Gasteiger charge is 2.32. The van der Waals surface area contributed by atoms with E-state index in [0.29, 0.717) is 5.92 Å². The van der Waals surface area contributed by atoms with Crippen molar-refractivity contribution in [3.63, 3.8) is 0 Å². The number of carbonyl (C=O) groups is 1. The van der Waals surface area contributed by atoms with Crippen molar-refractivity contribution in [3.8, 4) is 0 Å². The number of halogens is 3. The zero-order valence-corrected chi connectivity index (χ0v) is 13.5. The molecule has 0 radical (unpaired) electrons. The smallest absolute Gasteiger partial charge is 0.370 e. The first-order valence-electron chi connectivity index (χ1n) is 7.61. The zero-order chi connectivity index (χ0) is 17.3. The fraction of sp³-hybridized carbons (Fsp3) is 0.733. The van der Waals surface area contributed by atoms with Gasteiger partial charge in [-0.3, -0.25) is 9.48 Å². The number of rotatable bonds is 6. The Morgan fingerprint density at radius 2 is 2.04 bits per heavy atom. The Balaban J connectivity index is 1.90. The van der Waals surface area contributed by atoms with Gasteiger partial charge in [-0.05, 0) is 39.7 Å². The molecule has 1 aromatic rings. The van der Waals surface area contributed by atoms with Crippen molar-refractivity contribution in [2.45, 2.75) is 51.2 Å². The van der Waals surface area contributed by atoms with Crippen molar-refractivity contribution in [2.75, 3.05) is 19.8 Å². The molecular formula is C15H22F3N3O2. The molecule has 0 aliphatic heterocycles. The molecule has 1 saturated carbocycles. The van der Waals surface area contributed by atoms with Crippen LogP contribution in [0, 0.1) is 0 Å². The fourth-order valence-electron chi connectivity index (χ4n) is 2.23. The Labute approximate surface area is 133 Å². The lowest BCUT2D eigenvalue weighted by molar-refractivity contribution is -0.173. The summed E-state index contributed by atoms with van der Waals surface area (Å²) in [7, 11) is 0. The molecule has 1 aromatic heterocycles. The Morgan fingerprint density at radius 1 is 1.39 bits per heavy atom. The van der Waals surface area contributed by atoms with E-state index in [1.165, 1.54) is 0 Å².